The molecule has 2 aromatic heterocycles. The molecule has 0 spiro atoms. The zero-order chi connectivity index (χ0) is 23.9. The van der Waals surface area contributed by atoms with E-state index in [2.05, 4.69) is 75.7 Å². The van der Waals surface area contributed by atoms with E-state index in [1.807, 2.05) is 10.7 Å². The number of hydrogen-bond donors (Lipinski definition) is 1. The van der Waals surface area contributed by atoms with E-state index in [0.29, 0.717) is 5.56 Å². The summed E-state index contributed by atoms with van der Waals surface area (Å²) in [5.41, 5.74) is 6.28. The van der Waals surface area contributed by atoms with Crippen molar-refractivity contribution in [2.75, 3.05) is 11.4 Å². The van der Waals surface area contributed by atoms with Crippen LogP contribution in [0.4, 0.5) is 5.69 Å². The van der Waals surface area contributed by atoms with E-state index in [1.54, 1.807) is 0 Å². The number of H-pyrrole nitrogens is 1. The molecule has 0 radical (unpaired) electrons. The number of aryl methyl sites for hydroxylation is 3. The topological polar surface area (TPSA) is 79.7 Å². The van der Waals surface area contributed by atoms with Crippen LogP contribution in [0.5, 0.6) is 0 Å². The van der Waals surface area contributed by atoms with Gasteiger partial charge in [0.15, 0.2) is 5.82 Å². The van der Waals surface area contributed by atoms with Crippen LogP contribution in [0.15, 0.2) is 47.3 Å². The molecular weight excluding hydrogens is 436 g/mol. The van der Waals surface area contributed by atoms with Crippen LogP contribution in [0, 0.1) is 13.8 Å². The first kappa shape index (κ1) is 22.0. The lowest BCUT2D eigenvalue weighted by atomic mass is 9.93. The number of para-hydroxylation sites is 1. The van der Waals surface area contributed by atoms with Crippen LogP contribution in [-0.2, 0) is 6.42 Å². The summed E-state index contributed by atoms with van der Waals surface area (Å²) in [7, 11) is 0. The van der Waals surface area contributed by atoms with E-state index < -0.39 is 0 Å². The summed E-state index contributed by atoms with van der Waals surface area (Å²) in [6.45, 7) is 5.02. The van der Waals surface area contributed by atoms with Gasteiger partial charge in [0.2, 0.25) is 0 Å². The van der Waals surface area contributed by atoms with Crippen LogP contribution in [0.25, 0.3) is 10.9 Å². The van der Waals surface area contributed by atoms with E-state index in [-0.39, 0.29) is 17.6 Å². The van der Waals surface area contributed by atoms with Crippen molar-refractivity contribution in [3.05, 3.63) is 80.9 Å². The number of aromatic amines is 1. The SMILES string of the molecule is Cc1cc(C)c2cc(C(c3nnnn3C3CCCCC3)N3CCCc4ccccc43)c(=O)[nH]c2c1. The molecule has 35 heavy (non-hydrogen) atoms. The summed E-state index contributed by atoms with van der Waals surface area (Å²) < 4.78 is 2.02. The molecule has 4 aromatic rings. The largest absolute Gasteiger partial charge is 0.357 e. The monoisotopic (exact) mass is 468 g/mol. The Balaban J connectivity index is 1.57. The van der Waals surface area contributed by atoms with Crippen molar-refractivity contribution in [2.24, 2.45) is 0 Å². The molecule has 1 N–H and O–H groups in total. The minimum absolute atomic E-state index is 0.0752. The minimum atomic E-state index is -0.359. The van der Waals surface area contributed by atoms with Gasteiger partial charge >= 0.3 is 0 Å². The van der Waals surface area contributed by atoms with Crippen molar-refractivity contribution in [3.8, 4) is 0 Å². The first-order chi connectivity index (χ1) is 17.1. The lowest BCUT2D eigenvalue weighted by Gasteiger charge is -2.38. The average molecular weight is 469 g/mol. The van der Waals surface area contributed by atoms with Crippen LogP contribution in [-0.4, -0.2) is 31.7 Å². The fourth-order valence-electron chi connectivity index (χ4n) is 6.14. The number of tetrazole rings is 1. The second-order valence-electron chi connectivity index (χ2n) is 10.2. The predicted molar refractivity (Wildman–Crippen MR) is 138 cm³/mol. The molecule has 7 nitrogen and oxygen atoms in total. The summed E-state index contributed by atoms with van der Waals surface area (Å²) in [5.74, 6) is 0.767. The van der Waals surface area contributed by atoms with Crippen molar-refractivity contribution in [2.45, 2.75) is 70.9 Å². The number of benzene rings is 2. The van der Waals surface area contributed by atoms with Gasteiger partial charge in [0, 0.05) is 28.7 Å². The highest BCUT2D eigenvalue weighted by Crippen LogP contribution is 2.38. The Hall–Kier alpha value is -3.48. The second kappa shape index (κ2) is 8.95. The van der Waals surface area contributed by atoms with E-state index in [1.165, 1.54) is 30.5 Å². The van der Waals surface area contributed by atoms with Gasteiger partial charge < -0.3 is 9.88 Å². The number of pyridine rings is 1. The molecule has 1 unspecified atom stereocenters. The van der Waals surface area contributed by atoms with Crippen LogP contribution in [0.3, 0.4) is 0 Å². The maximum Gasteiger partial charge on any atom is 0.254 e. The van der Waals surface area contributed by atoms with Gasteiger partial charge in [-0.05, 0) is 84.8 Å². The number of aromatic nitrogens is 5. The molecule has 0 saturated heterocycles. The zero-order valence-electron chi connectivity index (χ0n) is 20.5. The van der Waals surface area contributed by atoms with Crippen LogP contribution < -0.4 is 10.5 Å². The molecule has 180 valence electrons. The minimum Gasteiger partial charge on any atom is -0.357 e. The van der Waals surface area contributed by atoms with Crippen molar-refractivity contribution >= 4 is 16.6 Å². The quantitative estimate of drug-likeness (QED) is 0.446. The van der Waals surface area contributed by atoms with Gasteiger partial charge in [-0.3, -0.25) is 4.79 Å². The molecule has 7 heteroatoms. The van der Waals surface area contributed by atoms with Gasteiger partial charge in [0.25, 0.3) is 5.56 Å². The first-order valence-corrected chi connectivity index (χ1v) is 12.9. The second-order valence-corrected chi connectivity index (χ2v) is 10.2. The Morgan fingerprint density at radius 2 is 1.86 bits per heavy atom. The summed E-state index contributed by atoms with van der Waals surface area (Å²) in [4.78, 5) is 19.2. The molecule has 6 rings (SSSR count). The third-order valence-corrected chi connectivity index (χ3v) is 7.78. The Bertz CT molecular complexity index is 1430. The highest BCUT2D eigenvalue weighted by molar-refractivity contribution is 5.83. The van der Waals surface area contributed by atoms with E-state index in [4.69, 9.17) is 0 Å². The standard InChI is InChI=1S/C28H32N6O/c1-18-15-19(2)22-17-23(28(35)29-24(22)16-18)26(33-14-8-10-20-9-6-7-13-25(20)33)27-30-31-32-34(27)21-11-4-3-5-12-21/h6-7,9,13,15-17,21,26H,3-5,8,10-12,14H2,1-2H3,(H,29,35). The third kappa shape index (κ3) is 3.93. The molecule has 1 aliphatic carbocycles. The van der Waals surface area contributed by atoms with Gasteiger partial charge in [-0.1, -0.05) is 43.5 Å². The third-order valence-electron chi connectivity index (χ3n) is 7.78. The lowest BCUT2D eigenvalue weighted by Crippen LogP contribution is -2.39. The number of anilines is 1. The Morgan fingerprint density at radius 3 is 2.71 bits per heavy atom. The maximum absolute atomic E-state index is 13.7. The molecule has 3 heterocycles. The molecular formula is C28H32N6O. The lowest BCUT2D eigenvalue weighted by molar-refractivity contribution is 0.313. The van der Waals surface area contributed by atoms with E-state index in [9.17, 15) is 4.79 Å². The maximum atomic E-state index is 13.7. The van der Waals surface area contributed by atoms with Gasteiger partial charge in [-0.15, -0.1) is 5.10 Å². The normalized spacial score (nSPS) is 17.5. The number of nitrogens with one attached hydrogen (secondary N) is 1. The van der Waals surface area contributed by atoms with Gasteiger partial charge in [-0.25, -0.2) is 4.68 Å². The summed E-state index contributed by atoms with van der Waals surface area (Å²) in [6.07, 6.45) is 7.87. The zero-order valence-corrected chi connectivity index (χ0v) is 20.5. The van der Waals surface area contributed by atoms with E-state index in [0.717, 1.165) is 60.1 Å². The smallest absolute Gasteiger partial charge is 0.254 e. The first-order valence-electron chi connectivity index (χ1n) is 12.9. The van der Waals surface area contributed by atoms with Gasteiger partial charge in [0.05, 0.1) is 6.04 Å². The van der Waals surface area contributed by atoms with Crippen LogP contribution in [0.1, 0.15) is 78.7 Å². The number of rotatable bonds is 4. The molecule has 2 aliphatic rings. The van der Waals surface area contributed by atoms with Crippen LogP contribution in [0.2, 0.25) is 0 Å². The fraction of sp³-hybridized carbons (Fsp3) is 0.429. The number of fused-ring (bicyclic) bond motifs is 2. The molecule has 1 atom stereocenters. The Labute approximate surface area is 205 Å². The molecule has 0 amide bonds. The van der Waals surface area contributed by atoms with Crippen molar-refractivity contribution < 1.29 is 0 Å². The molecule has 0 bridgehead atoms. The molecule has 1 aliphatic heterocycles. The fourth-order valence-corrected chi connectivity index (χ4v) is 6.14. The van der Waals surface area contributed by atoms with Crippen molar-refractivity contribution in [3.63, 3.8) is 0 Å². The highest BCUT2D eigenvalue weighted by atomic mass is 16.1. The summed E-state index contributed by atoms with van der Waals surface area (Å²) in [5, 5.41) is 14.3. The summed E-state index contributed by atoms with van der Waals surface area (Å²) >= 11 is 0. The van der Waals surface area contributed by atoms with Crippen molar-refractivity contribution in [1.82, 2.24) is 25.2 Å². The van der Waals surface area contributed by atoms with Crippen molar-refractivity contribution in [1.29, 1.82) is 0 Å². The Morgan fingerprint density at radius 1 is 1.03 bits per heavy atom. The molecule has 2 aromatic carbocycles. The highest BCUT2D eigenvalue weighted by Gasteiger charge is 2.35. The van der Waals surface area contributed by atoms with Gasteiger partial charge in [0.1, 0.15) is 6.04 Å². The van der Waals surface area contributed by atoms with E-state index >= 15 is 0 Å². The number of nitrogens with zero attached hydrogens (tertiary/aromatic N) is 5. The predicted octanol–water partition coefficient (Wildman–Crippen LogP) is 5.18. The Kier molecular flexibility index (Phi) is 5.63. The molecule has 1 fully saturated rings. The molecule has 1 saturated carbocycles. The number of hydrogen-bond acceptors (Lipinski definition) is 5. The van der Waals surface area contributed by atoms with Crippen LogP contribution >= 0.6 is 0 Å². The average Bonchev–Trinajstić information content (AvgIpc) is 3.35. The van der Waals surface area contributed by atoms with Gasteiger partial charge in [-0.2, -0.15) is 0 Å². The summed E-state index contributed by atoms with van der Waals surface area (Å²) in [6, 6.07) is 14.7.